The van der Waals surface area contributed by atoms with Gasteiger partial charge in [-0.05, 0) is 30.5 Å². The van der Waals surface area contributed by atoms with Crippen LogP contribution >= 0.6 is 12.4 Å². The van der Waals surface area contributed by atoms with Crippen LogP contribution in [0.1, 0.15) is 18.4 Å². The van der Waals surface area contributed by atoms with Crippen LogP contribution in [0, 0.1) is 0 Å². The molecule has 9 heteroatoms. The average Bonchev–Trinajstić information content (AvgIpc) is 3.13. The molecule has 1 aromatic rings. The average molecular weight is 402 g/mol. The van der Waals surface area contributed by atoms with Gasteiger partial charge in [0.1, 0.15) is 6.10 Å². The minimum atomic E-state index is -0.440. The Morgan fingerprint density at radius 1 is 1.30 bits per heavy atom. The molecule has 1 aliphatic heterocycles. The van der Waals surface area contributed by atoms with E-state index in [1.165, 1.54) is 12.0 Å². The Labute approximate surface area is 165 Å². The number of benzene rings is 1. The fourth-order valence-electron chi connectivity index (χ4n) is 2.58. The molecule has 2 rings (SSSR count). The standard InChI is InChI=1S/C18H27N3O5.ClH/c1-21(2)17(22)11-25-14-6-4-12(8-16(14)24-3)10-20-18(23)15-7-5-13(9-19)26-15;/h4,6,8,13,15H,5,7,9-11,19H2,1-3H3,(H,20,23);1H/t13-,15+;/m1./s1. The van der Waals surface area contributed by atoms with Gasteiger partial charge < -0.3 is 30.2 Å². The maximum Gasteiger partial charge on any atom is 0.259 e. The number of nitrogens with zero attached hydrogens (tertiary/aromatic N) is 1. The molecule has 0 aromatic heterocycles. The van der Waals surface area contributed by atoms with Crippen molar-refractivity contribution in [2.45, 2.75) is 31.6 Å². The first kappa shape index (κ1) is 23.0. The van der Waals surface area contributed by atoms with E-state index in [0.717, 1.165) is 12.0 Å². The molecule has 1 aliphatic rings. The van der Waals surface area contributed by atoms with Crippen molar-refractivity contribution in [2.24, 2.45) is 5.73 Å². The molecule has 1 fully saturated rings. The third-order valence-corrected chi connectivity index (χ3v) is 4.21. The molecule has 27 heavy (non-hydrogen) atoms. The van der Waals surface area contributed by atoms with E-state index in [9.17, 15) is 9.59 Å². The summed E-state index contributed by atoms with van der Waals surface area (Å²) in [6.45, 7) is 0.707. The van der Waals surface area contributed by atoms with Gasteiger partial charge in [0.05, 0.1) is 13.2 Å². The van der Waals surface area contributed by atoms with Crippen molar-refractivity contribution in [2.75, 3.05) is 34.4 Å². The molecule has 152 valence electrons. The summed E-state index contributed by atoms with van der Waals surface area (Å²) in [7, 11) is 4.86. The number of rotatable bonds is 8. The molecule has 0 bridgehead atoms. The van der Waals surface area contributed by atoms with Gasteiger partial charge in [-0.3, -0.25) is 9.59 Å². The van der Waals surface area contributed by atoms with Crippen LogP contribution in [-0.4, -0.2) is 63.3 Å². The van der Waals surface area contributed by atoms with Gasteiger partial charge in [0.15, 0.2) is 18.1 Å². The van der Waals surface area contributed by atoms with Crippen molar-refractivity contribution >= 4 is 24.2 Å². The zero-order chi connectivity index (χ0) is 19.1. The van der Waals surface area contributed by atoms with Crippen LogP contribution in [0.4, 0.5) is 0 Å². The second-order valence-electron chi connectivity index (χ2n) is 6.34. The Bertz CT molecular complexity index is 641. The monoisotopic (exact) mass is 401 g/mol. The van der Waals surface area contributed by atoms with Gasteiger partial charge in [0.25, 0.3) is 5.91 Å². The second kappa shape index (κ2) is 11.0. The fraction of sp³-hybridized carbons (Fsp3) is 0.556. The summed E-state index contributed by atoms with van der Waals surface area (Å²) in [4.78, 5) is 25.2. The molecular formula is C18H28ClN3O5. The molecule has 8 nitrogen and oxygen atoms in total. The first-order chi connectivity index (χ1) is 12.4. The normalized spacial score (nSPS) is 18.4. The minimum absolute atomic E-state index is 0. The van der Waals surface area contributed by atoms with Gasteiger partial charge in [0, 0.05) is 27.2 Å². The van der Waals surface area contributed by atoms with Crippen LogP contribution in [0.3, 0.4) is 0 Å². The lowest BCUT2D eigenvalue weighted by Gasteiger charge is -2.15. The lowest BCUT2D eigenvalue weighted by Crippen LogP contribution is -2.35. The summed E-state index contributed by atoms with van der Waals surface area (Å²) >= 11 is 0. The number of likely N-dealkylation sites (N-methyl/N-ethyl adjacent to an activating group) is 1. The Hall–Kier alpha value is -2.03. The zero-order valence-corrected chi connectivity index (χ0v) is 16.7. The number of halogens is 1. The van der Waals surface area contributed by atoms with Crippen LogP contribution in [0.15, 0.2) is 18.2 Å². The summed E-state index contributed by atoms with van der Waals surface area (Å²) in [5, 5.41) is 2.86. The molecule has 0 unspecified atom stereocenters. The Morgan fingerprint density at radius 2 is 2.04 bits per heavy atom. The highest BCUT2D eigenvalue weighted by molar-refractivity contribution is 5.85. The first-order valence-corrected chi connectivity index (χ1v) is 8.57. The number of nitrogens with one attached hydrogen (secondary N) is 1. The number of carbonyl (C=O) groups excluding carboxylic acids is 2. The van der Waals surface area contributed by atoms with Gasteiger partial charge >= 0.3 is 0 Å². The highest BCUT2D eigenvalue weighted by Crippen LogP contribution is 2.28. The van der Waals surface area contributed by atoms with E-state index < -0.39 is 6.10 Å². The van der Waals surface area contributed by atoms with Crippen LogP contribution in [-0.2, 0) is 20.9 Å². The van der Waals surface area contributed by atoms with E-state index in [1.807, 2.05) is 6.07 Å². The van der Waals surface area contributed by atoms with E-state index in [-0.39, 0.29) is 36.9 Å². The highest BCUT2D eigenvalue weighted by atomic mass is 35.5. The van der Waals surface area contributed by atoms with E-state index in [1.54, 1.807) is 26.2 Å². The summed E-state index contributed by atoms with van der Waals surface area (Å²) in [5.41, 5.74) is 6.42. The van der Waals surface area contributed by atoms with Crippen molar-refractivity contribution in [1.29, 1.82) is 0 Å². The highest BCUT2D eigenvalue weighted by Gasteiger charge is 2.29. The summed E-state index contributed by atoms with van der Waals surface area (Å²) in [6.07, 6.45) is 1.02. The Morgan fingerprint density at radius 3 is 2.63 bits per heavy atom. The lowest BCUT2D eigenvalue weighted by atomic mass is 10.1. The molecular weight excluding hydrogens is 374 g/mol. The van der Waals surface area contributed by atoms with Crippen molar-refractivity contribution in [3.8, 4) is 11.5 Å². The largest absolute Gasteiger partial charge is 0.493 e. The van der Waals surface area contributed by atoms with Gasteiger partial charge in [-0.15, -0.1) is 12.4 Å². The summed E-state index contributed by atoms with van der Waals surface area (Å²) in [6, 6.07) is 5.31. The van der Waals surface area contributed by atoms with E-state index in [2.05, 4.69) is 5.32 Å². The van der Waals surface area contributed by atoms with Gasteiger partial charge in [0.2, 0.25) is 5.91 Å². The molecule has 0 spiro atoms. The van der Waals surface area contributed by atoms with E-state index >= 15 is 0 Å². The molecule has 0 aliphatic carbocycles. The number of hydrogen-bond donors (Lipinski definition) is 2. The van der Waals surface area contributed by atoms with Crippen LogP contribution < -0.4 is 20.5 Å². The molecule has 1 aromatic carbocycles. The third kappa shape index (κ3) is 6.57. The quantitative estimate of drug-likeness (QED) is 0.664. The van der Waals surface area contributed by atoms with E-state index in [0.29, 0.717) is 31.0 Å². The molecule has 1 saturated heterocycles. The predicted octanol–water partition coefficient (Wildman–Crippen LogP) is 0.707. The van der Waals surface area contributed by atoms with Crippen LogP contribution in [0.2, 0.25) is 0 Å². The van der Waals surface area contributed by atoms with Crippen LogP contribution in [0.25, 0.3) is 0 Å². The minimum Gasteiger partial charge on any atom is -0.493 e. The molecule has 2 atom stereocenters. The van der Waals surface area contributed by atoms with Gasteiger partial charge in [-0.2, -0.15) is 0 Å². The Balaban J connectivity index is 0.00000364. The first-order valence-electron chi connectivity index (χ1n) is 8.57. The molecule has 0 radical (unpaired) electrons. The number of ether oxygens (including phenoxy) is 3. The number of nitrogens with two attached hydrogens (primary N) is 1. The topological polar surface area (TPSA) is 103 Å². The number of amides is 2. The zero-order valence-electron chi connectivity index (χ0n) is 15.9. The molecule has 1 heterocycles. The predicted molar refractivity (Wildman–Crippen MR) is 103 cm³/mol. The van der Waals surface area contributed by atoms with Crippen molar-refractivity contribution in [3.05, 3.63) is 23.8 Å². The van der Waals surface area contributed by atoms with E-state index in [4.69, 9.17) is 19.9 Å². The lowest BCUT2D eigenvalue weighted by molar-refractivity contribution is -0.132. The molecule has 0 saturated carbocycles. The molecule has 3 N–H and O–H groups in total. The second-order valence-corrected chi connectivity index (χ2v) is 6.34. The van der Waals surface area contributed by atoms with Crippen molar-refractivity contribution in [1.82, 2.24) is 10.2 Å². The van der Waals surface area contributed by atoms with Crippen molar-refractivity contribution < 1.29 is 23.8 Å². The van der Waals surface area contributed by atoms with Crippen LogP contribution in [0.5, 0.6) is 11.5 Å². The van der Waals surface area contributed by atoms with Gasteiger partial charge in [-0.25, -0.2) is 0 Å². The smallest absolute Gasteiger partial charge is 0.259 e. The summed E-state index contributed by atoms with van der Waals surface area (Å²) < 4.78 is 16.4. The fourth-order valence-corrected chi connectivity index (χ4v) is 2.58. The maximum atomic E-state index is 12.2. The third-order valence-electron chi connectivity index (χ3n) is 4.21. The number of methoxy groups -OCH3 is 1. The van der Waals surface area contributed by atoms with Crippen molar-refractivity contribution in [3.63, 3.8) is 0 Å². The summed E-state index contributed by atoms with van der Waals surface area (Å²) in [5.74, 6) is 0.693. The Kier molecular flexibility index (Phi) is 9.34. The molecule has 2 amide bonds. The number of carbonyl (C=O) groups is 2. The SMILES string of the molecule is COc1cc(CNC(=O)[C@@H]2CC[C@H](CN)O2)ccc1OCC(=O)N(C)C.Cl. The van der Waals surface area contributed by atoms with Gasteiger partial charge in [-0.1, -0.05) is 6.07 Å². The maximum absolute atomic E-state index is 12.2. The number of hydrogen-bond acceptors (Lipinski definition) is 6.